The van der Waals surface area contributed by atoms with Gasteiger partial charge in [0, 0.05) is 20.1 Å². The van der Waals surface area contributed by atoms with Gasteiger partial charge in [-0.2, -0.15) is 0 Å². The van der Waals surface area contributed by atoms with Gasteiger partial charge in [-0.05, 0) is 52.4 Å². The Kier molecular flexibility index (Phi) is 5.08. The lowest BCUT2D eigenvalue weighted by Crippen LogP contribution is -2.40. The Morgan fingerprint density at radius 1 is 1.27 bits per heavy atom. The minimum Gasteiger partial charge on any atom is -0.486 e. The summed E-state index contributed by atoms with van der Waals surface area (Å²) in [6.07, 6.45) is 4.03. The van der Waals surface area contributed by atoms with Crippen LogP contribution < -0.4 is 20.1 Å². The van der Waals surface area contributed by atoms with E-state index in [0.29, 0.717) is 19.8 Å². The highest BCUT2D eigenvalue weighted by Gasteiger charge is 2.18. The van der Waals surface area contributed by atoms with Crippen molar-refractivity contribution in [3.05, 3.63) is 22.2 Å². The van der Waals surface area contributed by atoms with Crippen LogP contribution in [0.5, 0.6) is 11.5 Å². The van der Waals surface area contributed by atoms with E-state index in [9.17, 15) is 0 Å². The van der Waals surface area contributed by atoms with Crippen LogP contribution in [-0.2, 0) is 6.54 Å². The van der Waals surface area contributed by atoms with Gasteiger partial charge in [0.05, 0.1) is 4.47 Å². The Bertz CT molecular complexity index is 559. The highest BCUT2D eigenvalue weighted by molar-refractivity contribution is 9.10. The third-order valence-corrected chi connectivity index (χ3v) is 4.71. The zero-order chi connectivity index (χ0) is 15.4. The molecule has 0 spiro atoms. The fraction of sp³-hybridized carbons (Fsp3) is 0.562. The molecule has 3 rings (SSSR count). The lowest BCUT2D eigenvalue weighted by atomic mass is 9.85. The molecule has 0 saturated heterocycles. The monoisotopic (exact) mass is 367 g/mol. The van der Waals surface area contributed by atoms with Crippen LogP contribution in [-0.4, -0.2) is 32.8 Å². The first kappa shape index (κ1) is 15.5. The number of hydrogen-bond donors (Lipinski definition) is 2. The molecule has 0 amide bonds. The molecule has 1 aliphatic heterocycles. The van der Waals surface area contributed by atoms with Crippen LogP contribution in [0.3, 0.4) is 0 Å². The average Bonchev–Trinajstić information content (AvgIpc) is 2.49. The molecule has 5 nitrogen and oxygen atoms in total. The van der Waals surface area contributed by atoms with Crippen LogP contribution in [0.2, 0.25) is 0 Å². The van der Waals surface area contributed by atoms with Gasteiger partial charge in [0.2, 0.25) is 0 Å². The quantitative estimate of drug-likeness (QED) is 0.634. The molecule has 1 aromatic carbocycles. The molecule has 0 unspecified atom stereocenters. The van der Waals surface area contributed by atoms with Gasteiger partial charge in [-0.3, -0.25) is 4.99 Å². The largest absolute Gasteiger partial charge is 0.486 e. The van der Waals surface area contributed by atoms with Gasteiger partial charge in [0.25, 0.3) is 0 Å². The summed E-state index contributed by atoms with van der Waals surface area (Å²) < 4.78 is 12.2. The van der Waals surface area contributed by atoms with Gasteiger partial charge in [-0.1, -0.05) is 6.42 Å². The van der Waals surface area contributed by atoms with E-state index in [1.165, 1.54) is 19.3 Å². The SMILES string of the molecule is CN=C(NCc1cc(Br)c2c(c1)OCCO2)NCC1CCC1. The normalized spacial score (nSPS) is 17.8. The summed E-state index contributed by atoms with van der Waals surface area (Å²) in [5.74, 6) is 3.25. The van der Waals surface area contributed by atoms with Gasteiger partial charge < -0.3 is 20.1 Å². The molecule has 2 aliphatic rings. The van der Waals surface area contributed by atoms with Crippen LogP contribution in [0.15, 0.2) is 21.6 Å². The molecule has 0 aromatic heterocycles. The van der Waals surface area contributed by atoms with Crippen molar-refractivity contribution in [2.24, 2.45) is 10.9 Å². The Hall–Kier alpha value is -1.43. The van der Waals surface area contributed by atoms with Gasteiger partial charge in [0.1, 0.15) is 13.2 Å². The summed E-state index contributed by atoms with van der Waals surface area (Å²) in [6.45, 7) is 2.89. The van der Waals surface area contributed by atoms with E-state index in [0.717, 1.165) is 40.0 Å². The minimum atomic E-state index is 0.598. The Balaban J connectivity index is 1.56. The van der Waals surface area contributed by atoms with Crippen molar-refractivity contribution in [3.8, 4) is 11.5 Å². The maximum absolute atomic E-state index is 5.65. The number of nitrogens with one attached hydrogen (secondary N) is 2. The highest BCUT2D eigenvalue weighted by Crippen LogP contribution is 2.38. The molecule has 1 saturated carbocycles. The number of rotatable bonds is 4. The van der Waals surface area contributed by atoms with Crippen LogP contribution in [0.25, 0.3) is 0 Å². The summed E-state index contributed by atoms with van der Waals surface area (Å²) in [6, 6.07) is 4.07. The first-order valence-electron chi connectivity index (χ1n) is 7.79. The lowest BCUT2D eigenvalue weighted by Gasteiger charge is -2.26. The van der Waals surface area contributed by atoms with Crippen molar-refractivity contribution >= 4 is 21.9 Å². The van der Waals surface area contributed by atoms with Crippen LogP contribution in [0.1, 0.15) is 24.8 Å². The predicted octanol–water partition coefficient (Wildman–Crippen LogP) is 2.69. The zero-order valence-corrected chi connectivity index (χ0v) is 14.4. The fourth-order valence-electron chi connectivity index (χ4n) is 2.61. The molecule has 1 aliphatic carbocycles. The van der Waals surface area contributed by atoms with E-state index < -0.39 is 0 Å². The highest BCUT2D eigenvalue weighted by atomic mass is 79.9. The molecule has 22 heavy (non-hydrogen) atoms. The number of ether oxygens (including phenoxy) is 2. The third kappa shape index (κ3) is 3.66. The maximum atomic E-state index is 5.65. The predicted molar refractivity (Wildman–Crippen MR) is 90.7 cm³/mol. The van der Waals surface area contributed by atoms with Gasteiger partial charge >= 0.3 is 0 Å². The number of halogens is 1. The summed E-state index contributed by atoms with van der Waals surface area (Å²) in [5.41, 5.74) is 1.13. The van der Waals surface area contributed by atoms with E-state index in [2.05, 4.69) is 37.6 Å². The van der Waals surface area contributed by atoms with Crippen molar-refractivity contribution in [1.82, 2.24) is 10.6 Å². The molecule has 0 bridgehead atoms. The fourth-order valence-corrected chi connectivity index (χ4v) is 3.21. The smallest absolute Gasteiger partial charge is 0.191 e. The average molecular weight is 368 g/mol. The lowest BCUT2D eigenvalue weighted by molar-refractivity contribution is 0.170. The van der Waals surface area contributed by atoms with E-state index in [-0.39, 0.29) is 0 Å². The maximum Gasteiger partial charge on any atom is 0.191 e. The molecular formula is C16H22BrN3O2. The molecule has 120 valence electrons. The molecule has 1 aromatic rings. The van der Waals surface area contributed by atoms with Crippen molar-refractivity contribution in [2.45, 2.75) is 25.8 Å². The number of hydrogen-bond acceptors (Lipinski definition) is 3. The summed E-state index contributed by atoms with van der Waals surface area (Å²) in [7, 11) is 1.80. The molecule has 2 N–H and O–H groups in total. The first-order valence-corrected chi connectivity index (χ1v) is 8.58. The molecule has 6 heteroatoms. The van der Waals surface area contributed by atoms with Crippen molar-refractivity contribution in [3.63, 3.8) is 0 Å². The Morgan fingerprint density at radius 3 is 2.82 bits per heavy atom. The van der Waals surface area contributed by atoms with Crippen LogP contribution in [0.4, 0.5) is 0 Å². The van der Waals surface area contributed by atoms with Crippen molar-refractivity contribution in [1.29, 1.82) is 0 Å². The summed E-state index contributed by atoms with van der Waals surface area (Å²) in [4.78, 5) is 4.27. The third-order valence-electron chi connectivity index (χ3n) is 4.12. The van der Waals surface area contributed by atoms with Gasteiger partial charge in [0.15, 0.2) is 17.5 Å². The Morgan fingerprint density at radius 2 is 2.09 bits per heavy atom. The Labute approximate surface area is 139 Å². The number of fused-ring (bicyclic) bond motifs is 1. The number of nitrogens with zero attached hydrogens (tertiary/aromatic N) is 1. The number of guanidine groups is 1. The van der Waals surface area contributed by atoms with E-state index in [1.807, 2.05) is 6.07 Å². The van der Waals surface area contributed by atoms with E-state index >= 15 is 0 Å². The minimum absolute atomic E-state index is 0.598. The molecule has 0 atom stereocenters. The van der Waals surface area contributed by atoms with Crippen molar-refractivity contribution < 1.29 is 9.47 Å². The second-order valence-corrected chi connectivity index (χ2v) is 6.56. The standard InChI is InChI=1S/C16H22BrN3O2/c1-18-16(19-9-11-3-2-4-11)20-10-12-7-13(17)15-14(8-12)21-5-6-22-15/h7-8,11H,2-6,9-10H2,1H3,(H2,18,19,20). The molecule has 1 heterocycles. The van der Waals surface area contributed by atoms with Crippen LogP contribution in [0, 0.1) is 5.92 Å². The summed E-state index contributed by atoms with van der Waals surface area (Å²) >= 11 is 3.55. The summed E-state index contributed by atoms with van der Waals surface area (Å²) in [5, 5.41) is 6.73. The second kappa shape index (κ2) is 7.22. The van der Waals surface area contributed by atoms with E-state index in [1.54, 1.807) is 7.05 Å². The van der Waals surface area contributed by atoms with E-state index in [4.69, 9.17) is 9.47 Å². The molecule has 0 radical (unpaired) electrons. The van der Waals surface area contributed by atoms with Crippen molar-refractivity contribution in [2.75, 3.05) is 26.8 Å². The number of aliphatic imine (C=N–C) groups is 1. The number of benzene rings is 1. The van der Waals surface area contributed by atoms with Gasteiger partial charge in [-0.15, -0.1) is 0 Å². The molecule has 1 fully saturated rings. The zero-order valence-electron chi connectivity index (χ0n) is 12.8. The van der Waals surface area contributed by atoms with Crippen LogP contribution >= 0.6 is 15.9 Å². The topological polar surface area (TPSA) is 54.9 Å². The first-order chi connectivity index (χ1) is 10.8. The second-order valence-electron chi connectivity index (χ2n) is 5.71. The van der Waals surface area contributed by atoms with Gasteiger partial charge in [-0.25, -0.2) is 0 Å². The molecular weight excluding hydrogens is 346 g/mol.